The third kappa shape index (κ3) is 6.35. The molecular weight excluding hydrogens is 317 g/mol. The number of rotatable bonds is 6. The van der Waals surface area contributed by atoms with Crippen molar-refractivity contribution in [2.24, 2.45) is 5.73 Å². The van der Waals surface area contributed by atoms with Crippen LogP contribution in [0, 0.1) is 0 Å². The summed E-state index contributed by atoms with van der Waals surface area (Å²) < 4.78 is 60.8. The molecule has 0 aliphatic carbocycles. The largest absolute Gasteiger partial charge is 0.389 e. The van der Waals surface area contributed by atoms with Gasteiger partial charge in [-0.1, -0.05) is 6.07 Å². The Bertz CT molecular complexity index is 541. The fourth-order valence-electron chi connectivity index (χ4n) is 1.30. The Labute approximate surface area is 118 Å². The SMILES string of the molecule is NC(CCC(F)(F)F)C(=O)NS(=O)(=O)Cc1cccs1. The van der Waals surface area contributed by atoms with E-state index in [0.717, 1.165) is 0 Å². The molecule has 0 spiro atoms. The lowest BCUT2D eigenvalue weighted by molar-refractivity contribution is -0.138. The molecule has 0 aromatic carbocycles. The number of hydrogen-bond donors (Lipinski definition) is 2. The molecule has 0 aliphatic rings. The van der Waals surface area contributed by atoms with Crippen molar-refractivity contribution in [3.63, 3.8) is 0 Å². The number of halogens is 3. The number of nitrogens with two attached hydrogens (primary N) is 1. The number of nitrogens with one attached hydrogen (secondary N) is 1. The standard InChI is InChI=1S/C10H13F3N2O3S2/c11-10(12,13)4-3-8(14)9(16)15-20(17,18)6-7-2-1-5-19-7/h1-2,5,8H,3-4,6,14H2,(H,15,16). The van der Waals surface area contributed by atoms with Gasteiger partial charge in [-0.15, -0.1) is 11.3 Å². The van der Waals surface area contributed by atoms with Gasteiger partial charge in [0.1, 0.15) is 5.75 Å². The van der Waals surface area contributed by atoms with Gasteiger partial charge in [-0.3, -0.25) is 9.52 Å². The highest BCUT2D eigenvalue weighted by molar-refractivity contribution is 7.89. The van der Waals surface area contributed by atoms with Gasteiger partial charge < -0.3 is 5.73 Å². The van der Waals surface area contributed by atoms with Gasteiger partial charge in [-0.2, -0.15) is 13.2 Å². The molecule has 0 saturated carbocycles. The van der Waals surface area contributed by atoms with E-state index in [1.165, 1.54) is 11.3 Å². The van der Waals surface area contributed by atoms with Gasteiger partial charge in [0.15, 0.2) is 0 Å². The minimum Gasteiger partial charge on any atom is -0.320 e. The first-order valence-corrected chi connectivity index (χ1v) is 8.01. The second-order valence-corrected chi connectivity index (χ2v) is 6.82. The van der Waals surface area contributed by atoms with E-state index in [9.17, 15) is 26.4 Å². The molecule has 0 bridgehead atoms. The Morgan fingerprint density at radius 3 is 2.60 bits per heavy atom. The Balaban J connectivity index is 2.52. The highest BCUT2D eigenvalue weighted by Gasteiger charge is 2.30. The maximum Gasteiger partial charge on any atom is 0.389 e. The molecule has 114 valence electrons. The maximum absolute atomic E-state index is 12.0. The molecule has 1 aromatic heterocycles. The van der Waals surface area contributed by atoms with Crippen molar-refractivity contribution in [3.05, 3.63) is 22.4 Å². The van der Waals surface area contributed by atoms with Crippen molar-refractivity contribution in [2.45, 2.75) is 30.8 Å². The van der Waals surface area contributed by atoms with Crippen molar-refractivity contribution in [2.75, 3.05) is 0 Å². The first kappa shape index (κ1) is 16.9. The number of thiophene rings is 1. The van der Waals surface area contributed by atoms with E-state index in [4.69, 9.17) is 5.73 Å². The normalized spacial score (nSPS) is 14.0. The number of hydrogen-bond acceptors (Lipinski definition) is 5. The number of carbonyl (C=O) groups excluding carboxylic acids is 1. The zero-order valence-electron chi connectivity index (χ0n) is 10.2. The first-order chi connectivity index (χ1) is 9.09. The van der Waals surface area contributed by atoms with Gasteiger partial charge in [-0.25, -0.2) is 8.42 Å². The topological polar surface area (TPSA) is 89.3 Å². The van der Waals surface area contributed by atoms with Crippen LogP contribution in [0.5, 0.6) is 0 Å². The second-order valence-electron chi connectivity index (χ2n) is 4.07. The molecule has 1 rings (SSSR count). The van der Waals surface area contributed by atoms with Crippen LogP contribution in [0.1, 0.15) is 17.7 Å². The molecular formula is C10H13F3N2O3S2. The zero-order valence-corrected chi connectivity index (χ0v) is 11.8. The minimum absolute atomic E-state index is 0.414. The average molecular weight is 330 g/mol. The lowest BCUT2D eigenvalue weighted by atomic mass is 10.1. The fourth-order valence-corrected chi connectivity index (χ4v) is 3.52. The van der Waals surface area contributed by atoms with E-state index in [-0.39, 0.29) is 0 Å². The minimum atomic E-state index is -4.44. The van der Waals surface area contributed by atoms with Crippen LogP contribution in [0.4, 0.5) is 13.2 Å². The van der Waals surface area contributed by atoms with Crippen LogP contribution in [0.3, 0.4) is 0 Å². The number of sulfonamides is 1. The van der Waals surface area contributed by atoms with Crippen LogP contribution < -0.4 is 10.5 Å². The van der Waals surface area contributed by atoms with E-state index in [2.05, 4.69) is 0 Å². The third-order valence-electron chi connectivity index (χ3n) is 2.24. The Hall–Kier alpha value is -1.13. The zero-order chi connectivity index (χ0) is 15.4. The predicted octanol–water partition coefficient (Wildman–Crippen LogP) is 1.36. The average Bonchev–Trinajstić information content (AvgIpc) is 2.75. The smallest absolute Gasteiger partial charge is 0.320 e. The summed E-state index contributed by atoms with van der Waals surface area (Å²) in [4.78, 5) is 11.9. The monoisotopic (exact) mass is 330 g/mol. The van der Waals surface area contributed by atoms with E-state index < -0.39 is 46.7 Å². The van der Waals surface area contributed by atoms with E-state index >= 15 is 0 Å². The molecule has 0 saturated heterocycles. The van der Waals surface area contributed by atoms with Crippen LogP contribution in [0.15, 0.2) is 17.5 Å². The summed E-state index contributed by atoms with van der Waals surface area (Å²) in [5.74, 6) is -1.55. The number of amides is 1. The molecule has 1 amide bonds. The highest BCUT2D eigenvalue weighted by Crippen LogP contribution is 2.22. The van der Waals surface area contributed by atoms with Crippen molar-refractivity contribution in [1.29, 1.82) is 0 Å². The highest BCUT2D eigenvalue weighted by atomic mass is 32.2. The van der Waals surface area contributed by atoms with Gasteiger partial charge >= 0.3 is 6.18 Å². The lowest BCUT2D eigenvalue weighted by Crippen LogP contribution is -2.44. The van der Waals surface area contributed by atoms with Gasteiger partial charge in [-0.05, 0) is 17.9 Å². The summed E-state index contributed by atoms with van der Waals surface area (Å²) >= 11 is 1.19. The van der Waals surface area contributed by atoms with E-state index in [0.29, 0.717) is 4.88 Å². The molecule has 0 fully saturated rings. The summed E-state index contributed by atoms with van der Waals surface area (Å²) in [6.45, 7) is 0. The van der Waals surface area contributed by atoms with Crippen molar-refractivity contribution < 1.29 is 26.4 Å². The van der Waals surface area contributed by atoms with Crippen LogP contribution in [-0.2, 0) is 20.6 Å². The molecule has 0 radical (unpaired) electrons. The summed E-state index contributed by atoms with van der Waals surface area (Å²) in [5.41, 5.74) is 5.23. The second kappa shape index (κ2) is 6.55. The molecule has 10 heteroatoms. The Kier molecular flexibility index (Phi) is 5.54. The summed E-state index contributed by atoms with van der Waals surface area (Å²) in [6.07, 6.45) is -6.34. The summed E-state index contributed by atoms with van der Waals surface area (Å²) in [5, 5.41) is 1.67. The molecule has 1 unspecified atom stereocenters. The van der Waals surface area contributed by atoms with Gasteiger partial charge in [0.25, 0.3) is 0 Å². The van der Waals surface area contributed by atoms with Crippen molar-refractivity contribution in [1.82, 2.24) is 4.72 Å². The van der Waals surface area contributed by atoms with Crippen LogP contribution in [0.2, 0.25) is 0 Å². The van der Waals surface area contributed by atoms with E-state index in [1.54, 1.807) is 22.2 Å². The predicted molar refractivity (Wildman–Crippen MR) is 68.3 cm³/mol. The Morgan fingerprint density at radius 1 is 1.45 bits per heavy atom. The summed E-state index contributed by atoms with van der Waals surface area (Å²) in [6, 6.07) is 1.69. The third-order valence-corrected chi connectivity index (χ3v) is 4.51. The van der Waals surface area contributed by atoms with E-state index in [1.807, 2.05) is 0 Å². The molecule has 20 heavy (non-hydrogen) atoms. The maximum atomic E-state index is 12.0. The first-order valence-electron chi connectivity index (χ1n) is 5.48. The van der Waals surface area contributed by atoms with Crippen LogP contribution >= 0.6 is 11.3 Å². The molecule has 3 N–H and O–H groups in total. The molecule has 5 nitrogen and oxygen atoms in total. The molecule has 1 atom stereocenters. The van der Waals surface area contributed by atoms with Gasteiger partial charge in [0, 0.05) is 11.3 Å². The quantitative estimate of drug-likeness (QED) is 0.824. The van der Waals surface area contributed by atoms with Crippen LogP contribution in [-0.4, -0.2) is 26.5 Å². The van der Waals surface area contributed by atoms with Crippen molar-refractivity contribution >= 4 is 27.3 Å². The Morgan fingerprint density at radius 2 is 2.10 bits per heavy atom. The summed E-state index contributed by atoms with van der Waals surface area (Å²) in [7, 11) is -3.95. The fraction of sp³-hybridized carbons (Fsp3) is 0.500. The molecule has 0 aliphatic heterocycles. The van der Waals surface area contributed by atoms with Crippen molar-refractivity contribution in [3.8, 4) is 0 Å². The lowest BCUT2D eigenvalue weighted by Gasteiger charge is -2.13. The number of carbonyl (C=O) groups is 1. The van der Waals surface area contributed by atoms with Crippen LogP contribution in [0.25, 0.3) is 0 Å². The molecule has 1 heterocycles. The molecule has 1 aromatic rings. The van der Waals surface area contributed by atoms with Gasteiger partial charge in [0.2, 0.25) is 15.9 Å². The number of alkyl halides is 3. The van der Waals surface area contributed by atoms with Gasteiger partial charge in [0.05, 0.1) is 6.04 Å².